The molecule has 0 amide bonds. The molecule has 5 unspecified atom stereocenters. The number of thioether (sulfide) groups is 1. The van der Waals surface area contributed by atoms with Crippen molar-refractivity contribution in [2.45, 2.75) is 72.2 Å². The summed E-state index contributed by atoms with van der Waals surface area (Å²) in [5, 5.41) is 8.68. The van der Waals surface area contributed by atoms with E-state index in [1.807, 2.05) is 11.0 Å². The minimum absolute atomic E-state index is 0.0174. The maximum absolute atomic E-state index is 17.0. The molecule has 0 aliphatic carbocycles. The van der Waals surface area contributed by atoms with Gasteiger partial charge in [0.15, 0.2) is 5.82 Å². The molecular weight excluding hydrogens is 646 g/mol. The van der Waals surface area contributed by atoms with Gasteiger partial charge in [-0.1, -0.05) is 6.07 Å². The van der Waals surface area contributed by atoms with Gasteiger partial charge in [0.2, 0.25) is 0 Å². The summed E-state index contributed by atoms with van der Waals surface area (Å²) < 4.78 is 103. The molecule has 3 saturated heterocycles. The molecule has 3 fully saturated rings. The van der Waals surface area contributed by atoms with Crippen molar-refractivity contribution < 1.29 is 35.8 Å². The molecule has 4 aliphatic heterocycles. The number of fused-ring (bicyclic) bond motifs is 3. The molecule has 3 aromatic rings. The van der Waals surface area contributed by atoms with Gasteiger partial charge in [-0.2, -0.15) is 28.4 Å². The van der Waals surface area contributed by atoms with E-state index < -0.39 is 57.5 Å². The van der Waals surface area contributed by atoms with Crippen molar-refractivity contribution >= 4 is 28.5 Å². The molecule has 1 aromatic heterocycles. The van der Waals surface area contributed by atoms with Gasteiger partial charge in [0.25, 0.3) is 0 Å². The van der Waals surface area contributed by atoms with Crippen LogP contribution in [-0.2, 0) is 10.9 Å². The first kappa shape index (κ1) is 32.2. The maximum atomic E-state index is 17.0. The third-order valence-electron chi connectivity index (χ3n) is 9.89. The average molecular weight is 679 g/mol. The molecule has 2 N–H and O–H groups in total. The molecule has 15 heteroatoms. The number of halogens is 6. The van der Waals surface area contributed by atoms with Crippen LogP contribution in [0.1, 0.15) is 49.1 Å². The lowest BCUT2D eigenvalue weighted by Crippen LogP contribution is -2.43. The van der Waals surface area contributed by atoms with Crippen LogP contribution in [0.4, 0.5) is 32.2 Å². The van der Waals surface area contributed by atoms with Gasteiger partial charge in [0.1, 0.15) is 29.9 Å². The highest BCUT2D eigenvalue weighted by atomic mass is 32.2. The highest BCUT2D eigenvalue weighted by Gasteiger charge is 2.49. The second-order valence-corrected chi connectivity index (χ2v) is 13.9. The second kappa shape index (κ2) is 12.0. The van der Waals surface area contributed by atoms with Gasteiger partial charge in [0.05, 0.1) is 41.1 Å². The minimum Gasteiger partial charge on any atom is -0.461 e. The Morgan fingerprint density at radius 1 is 1.26 bits per heavy atom. The molecule has 0 saturated carbocycles. The monoisotopic (exact) mass is 678 g/mol. The Balaban J connectivity index is 1.43. The first-order valence-corrected chi connectivity index (χ1v) is 16.4. The molecule has 5 atom stereocenters. The van der Waals surface area contributed by atoms with Gasteiger partial charge in [0, 0.05) is 42.5 Å². The summed E-state index contributed by atoms with van der Waals surface area (Å²) in [5.41, 5.74) is 2.45. The third kappa shape index (κ3) is 5.47. The Morgan fingerprint density at radius 2 is 2.06 bits per heavy atom. The summed E-state index contributed by atoms with van der Waals surface area (Å²) >= 11 is 0.814. The van der Waals surface area contributed by atoms with Crippen molar-refractivity contribution in [2.24, 2.45) is 5.73 Å². The number of rotatable bonds is 6. The minimum atomic E-state index is -5.06. The number of aromatic nitrogens is 2. The SMILES string of the molecule is CN(c1nc(OCC23CCCN2CC(F)C3)nc2c(F)c(-c3ccc(F)c4c3C(C#N)C(N)S4)c(C(F)(F)F)cc12)C1CCCOC1. The number of hydrogen-bond acceptors (Lipinski definition) is 9. The summed E-state index contributed by atoms with van der Waals surface area (Å²) in [6.07, 6.45) is -2.89. The lowest BCUT2D eigenvalue weighted by atomic mass is 9.87. The largest absolute Gasteiger partial charge is 0.461 e. The van der Waals surface area contributed by atoms with Crippen molar-refractivity contribution in [1.82, 2.24) is 14.9 Å². The molecule has 47 heavy (non-hydrogen) atoms. The van der Waals surface area contributed by atoms with Crippen molar-refractivity contribution in [1.29, 1.82) is 5.26 Å². The molecule has 4 aliphatic rings. The Morgan fingerprint density at radius 3 is 2.79 bits per heavy atom. The van der Waals surface area contributed by atoms with Gasteiger partial charge in [-0.3, -0.25) is 4.90 Å². The molecule has 0 radical (unpaired) electrons. The molecule has 8 nitrogen and oxygen atoms in total. The fourth-order valence-electron chi connectivity index (χ4n) is 7.59. The number of likely N-dealkylation sites (N-methyl/N-ethyl adjacent to an activating group) is 1. The topological polar surface area (TPSA) is 101 Å². The van der Waals surface area contributed by atoms with Gasteiger partial charge < -0.3 is 20.1 Å². The van der Waals surface area contributed by atoms with Crippen LogP contribution in [0.15, 0.2) is 23.1 Å². The van der Waals surface area contributed by atoms with E-state index in [0.29, 0.717) is 32.4 Å². The molecule has 7 rings (SSSR count). The predicted octanol–water partition coefficient (Wildman–Crippen LogP) is 6.16. The van der Waals surface area contributed by atoms with E-state index >= 15 is 4.39 Å². The Bertz CT molecular complexity index is 1770. The molecule has 250 valence electrons. The van der Waals surface area contributed by atoms with Crippen molar-refractivity contribution in [3.63, 3.8) is 0 Å². The highest BCUT2D eigenvalue weighted by Crippen LogP contribution is 2.52. The smallest absolute Gasteiger partial charge is 0.417 e. The van der Waals surface area contributed by atoms with Crippen molar-refractivity contribution in [2.75, 3.05) is 44.9 Å². The van der Waals surface area contributed by atoms with Crippen LogP contribution in [0, 0.1) is 23.0 Å². The normalized spacial score (nSPS) is 27.6. The fourth-order valence-corrected chi connectivity index (χ4v) is 8.74. The quantitative estimate of drug-likeness (QED) is 0.307. The van der Waals surface area contributed by atoms with Crippen LogP contribution in [0.3, 0.4) is 0 Å². The van der Waals surface area contributed by atoms with Crippen LogP contribution in [0.2, 0.25) is 0 Å². The van der Waals surface area contributed by atoms with E-state index in [1.54, 1.807) is 11.9 Å². The Labute approximate surface area is 271 Å². The van der Waals surface area contributed by atoms with E-state index in [-0.39, 0.29) is 65.5 Å². The van der Waals surface area contributed by atoms with E-state index in [4.69, 9.17) is 15.2 Å². The van der Waals surface area contributed by atoms with Crippen LogP contribution in [0.5, 0.6) is 6.01 Å². The summed E-state index contributed by atoms with van der Waals surface area (Å²) in [5.74, 6) is -3.26. The molecule has 2 aromatic carbocycles. The predicted molar refractivity (Wildman–Crippen MR) is 163 cm³/mol. The number of anilines is 1. The molecule has 0 bridgehead atoms. The molecular formula is C32H32F6N6O2S. The lowest BCUT2D eigenvalue weighted by molar-refractivity contribution is -0.137. The zero-order chi connectivity index (χ0) is 33.2. The number of alkyl halides is 4. The number of nitriles is 1. The summed E-state index contributed by atoms with van der Waals surface area (Å²) in [4.78, 5) is 12.4. The maximum Gasteiger partial charge on any atom is 0.417 e. The standard InChI is InChI=1S/C32H32F6N6O2S/c1-43(17-4-2-9-45-14-17)29-19-10-21(32(36,37)38)24(18-5-6-22(34)27-23(18)20(12-39)28(40)47-27)25(35)26(19)41-30(42-29)46-15-31-7-3-8-44(31)13-16(33)11-31/h5-6,10,16-17,20,28H,2-4,7-9,11,13-15,40H2,1H3. The summed E-state index contributed by atoms with van der Waals surface area (Å²) in [6.45, 7) is 1.85. The number of nitrogens with two attached hydrogens (primary N) is 1. The zero-order valence-corrected chi connectivity index (χ0v) is 26.2. The van der Waals surface area contributed by atoms with Gasteiger partial charge in [-0.25, -0.2) is 13.2 Å². The second-order valence-electron chi connectivity index (χ2n) is 12.7. The fraction of sp³-hybridized carbons (Fsp3) is 0.531. The van der Waals surface area contributed by atoms with E-state index in [0.717, 1.165) is 36.4 Å². The molecule has 5 heterocycles. The van der Waals surface area contributed by atoms with Crippen molar-refractivity contribution in [3.8, 4) is 23.2 Å². The van der Waals surface area contributed by atoms with Crippen LogP contribution < -0.4 is 15.4 Å². The van der Waals surface area contributed by atoms with Gasteiger partial charge in [-0.15, -0.1) is 11.8 Å². The highest BCUT2D eigenvalue weighted by molar-refractivity contribution is 8.00. The van der Waals surface area contributed by atoms with Crippen molar-refractivity contribution in [3.05, 3.63) is 41.0 Å². The summed E-state index contributed by atoms with van der Waals surface area (Å²) in [6, 6.07) is 4.20. The van der Waals surface area contributed by atoms with Crippen LogP contribution >= 0.6 is 11.8 Å². The van der Waals surface area contributed by atoms with Crippen LogP contribution in [0.25, 0.3) is 22.0 Å². The third-order valence-corrected chi connectivity index (χ3v) is 11.1. The lowest BCUT2D eigenvalue weighted by Gasteiger charge is -2.33. The Kier molecular flexibility index (Phi) is 8.22. The number of hydrogen-bond donors (Lipinski definition) is 1. The van der Waals surface area contributed by atoms with Gasteiger partial charge in [-0.05, 0) is 55.5 Å². The van der Waals surface area contributed by atoms with Crippen LogP contribution in [-0.4, -0.2) is 78.0 Å². The number of ether oxygens (including phenoxy) is 2. The van der Waals surface area contributed by atoms with E-state index in [2.05, 4.69) is 9.97 Å². The van der Waals surface area contributed by atoms with Gasteiger partial charge >= 0.3 is 12.2 Å². The summed E-state index contributed by atoms with van der Waals surface area (Å²) in [7, 11) is 1.65. The number of benzene rings is 2. The Hall–Kier alpha value is -3.32. The molecule has 0 spiro atoms. The first-order valence-electron chi connectivity index (χ1n) is 15.5. The number of nitrogens with zero attached hydrogens (tertiary/aromatic N) is 5. The van der Waals surface area contributed by atoms with E-state index in [9.17, 15) is 27.2 Å². The van der Waals surface area contributed by atoms with E-state index in [1.165, 1.54) is 0 Å². The zero-order valence-electron chi connectivity index (χ0n) is 25.4. The first-order chi connectivity index (χ1) is 22.4. The average Bonchev–Trinajstić information content (AvgIpc) is 3.69.